The van der Waals surface area contributed by atoms with Crippen LogP contribution in [0.5, 0.6) is 0 Å². The number of hydrogen-bond donors (Lipinski definition) is 1. The first-order valence-electron chi connectivity index (χ1n) is 7.56. The lowest BCUT2D eigenvalue weighted by Crippen LogP contribution is -2.25. The standard InChI is InChI=1S/C16H22N4O/c1-4-20(10-13-6-5-9-21-13)16-11(2)14(17-3)18-15(19-16)12-7-8-12/h5-6,9,12H,4,7-8,10H2,1-3H3,(H,17,18,19). The quantitative estimate of drug-likeness (QED) is 0.882. The Morgan fingerprint density at radius 1 is 1.38 bits per heavy atom. The zero-order chi connectivity index (χ0) is 14.8. The van der Waals surface area contributed by atoms with Crippen LogP contribution in [0.2, 0.25) is 0 Å². The first kappa shape index (κ1) is 13.9. The van der Waals surface area contributed by atoms with Crippen LogP contribution >= 0.6 is 0 Å². The molecule has 0 spiro atoms. The van der Waals surface area contributed by atoms with Crippen molar-refractivity contribution in [3.63, 3.8) is 0 Å². The molecule has 0 radical (unpaired) electrons. The minimum atomic E-state index is 0.541. The molecule has 1 N–H and O–H groups in total. The molecule has 21 heavy (non-hydrogen) atoms. The van der Waals surface area contributed by atoms with Crippen LogP contribution in [0.4, 0.5) is 11.6 Å². The Morgan fingerprint density at radius 2 is 2.19 bits per heavy atom. The molecule has 5 heteroatoms. The fraction of sp³-hybridized carbons (Fsp3) is 0.500. The van der Waals surface area contributed by atoms with E-state index in [0.717, 1.165) is 41.9 Å². The van der Waals surface area contributed by atoms with Crippen LogP contribution in [0.25, 0.3) is 0 Å². The smallest absolute Gasteiger partial charge is 0.137 e. The molecule has 112 valence electrons. The average molecular weight is 286 g/mol. The van der Waals surface area contributed by atoms with E-state index in [0.29, 0.717) is 5.92 Å². The molecule has 2 heterocycles. The summed E-state index contributed by atoms with van der Waals surface area (Å²) in [5, 5.41) is 3.20. The highest BCUT2D eigenvalue weighted by Crippen LogP contribution is 2.40. The summed E-state index contributed by atoms with van der Waals surface area (Å²) in [4.78, 5) is 11.7. The van der Waals surface area contributed by atoms with Gasteiger partial charge in [-0.25, -0.2) is 9.97 Å². The Balaban J connectivity index is 1.95. The predicted octanol–water partition coefficient (Wildman–Crippen LogP) is 3.32. The Labute approximate surface area is 125 Å². The second-order valence-corrected chi connectivity index (χ2v) is 5.50. The fourth-order valence-corrected chi connectivity index (χ4v) is 2.52. The molecule has 1 saturated carbocycles. The summed E-state index contributed by atoms with van der Waals surface area (Å²) in [7, 11) is 1.92. The van der Waals surface area contributed by atoms with E-state index in [4.69, 9.17) is 9.40 Å². The van der Waals surface area contributed by atoms with Gasteiger partial charge in [0.15, 0.2) is 0 Å². The van der Waals surface area contributed by atoms with E-state index in [9.17, 15) is 0 Å². The lowest BCUT2D eigenvalue weighted by Gasteiger charge is -2.24. The normalized spacial score (nSPS) is 14.2. The van der Waals surface area contributed by atoms with Crippen molar-refractivity contribution < 1.29 is 4.42 Å². The SMILES string of the molecule is CCN(Cc1ccco1)c1nc(C2CC2)nc(NC)c1C. The van der Waals surface area contributed by atoms with Gasteiger partial charge in [0, 0.05) is 25.1 Å². The van der Waals surface area contributed by atoms with Crippen molar-refractivity contribution in [1.29, 1.82) is 0 Å². The molecule has 1 aliphatic carbocycles. The lowest BCUT2D eigenvalue weighted by molar-refractivity contribution is 0.502. The molecule has 1 fully saturated rings. The number of rotatable bonds is 6. The van der Waals surface area contributed by atoms with Crippen molar-refractivity contribution in [1.82, 2.24) is 9.97 Å². The number of furan rings is 1. The van der Waals surface area contributed by atoms with Crippen molar-refractivity contribution >= 4 is 11.6 Å². The zero-order valence-electron chi connectivity index (χ0n) is 12.9. The molecule has 0 unspecified atom stereocenters. The number of aromatic nitrogens is 2. The molecule has 0 bridgehead atoms. The van der Waals surface area contributed by atoms with Gasteiger partial charge in [0.2, 0.25) is 0 Å². The van der Waals surface area contributed by atoms with E-state index >= 15 is 0 Å². The third kappa shape index (κ3) is 2.86. The fourth-order valence-electron chi connectivity index (χ4n) is 2.52. The molecule has 5 nitrogen and oxygen atoms in total. The van der Waals surface area contributed by atoms with Crippen molar-refractivity contribution in [2.75, 3.05) is 23.8 Å². The highest BCUT2D eigenvalue weighted by molar-refractivity contribution is 5.58. The third-order valence-electron chi connectivity index (χ3n) is 3.92. The van der Waals surface area contributed by atoms with Gasteiger partial charge in [0.1, 0.15) is 23.2 Å². The van der Waals surface area contributed by atoms with E-state index in [-0.39, 0.29) is 0 Å². The summed E-state index contributed by atoms with van der Waals surface area (Å²) in [5.74, 6) is 4.40. The first-order chi connectivity index (χ1) is 10.2. The topological polar surface area (TPSA) is 54.2 Å². The van der Waals surface area contributed by atoms with E-state index in [1.54, 1.807) is 6.26 Å². The maximum Gasteiger partial charge on any atom is 0.137 e. The second-order valence-electron chi connectivity index (χ2n) is 5.50. The largest absolute Gasteiger partial charge is 0.467 e. The van der Waals surface area contributed by atoms with Crippen LogP contribution in [0.3, 0.4) is 0 Å². The summed E-state index contributed by atoms with van der Waals surface area (Å²) in [6.07, 6.45) is 4.12. The Bertz CT molecular complexity index is 605. The molecule has 0 aromatic carbocycles. The van der Waals surface area contributed by atoms with Crippen molar-refractivity contribution in [2.24, 2.45) is 0 Å². The van der Waals surface area contributed by atoms with Crippen molar-refractivity contribution in [3.05, 3.63) is 35.5 Å². The molecule has 0 amide bonds. The monoisotopic (exact) mass is 286 g/mol. The molecule has 0 atom stereocenters. The summed E-state index contributed by atoms with van der Waals surface area (Å²) in [6, 6.07) is 3.92. The maximum atomic E-state index is 5.47. The van der Waals surface area contributed by atoms with Crippen LogP contribution in [0.1, 0.15) is 42.8 Å². The Morgan fingerprint density at radius 3 is 2.76 bits per heavy atom. The highest BCUT2D eigenvalue weighted by Gasteiger charge is 2.29. The number of nitrogens with zero attached hydrogens (tertiary/aromatic N) is 3. The van der Waals surface area contributed by atoms with Gasteiger partial charge in [-0.05, 0) is 38.8 Å². The molecular weight excluding hydrogens is 264 g/mol. The molecule has 0 aliphatic heterocycles. The molecule has 2 aromatic heterocycles. The van der Waals surface area contributed by atoms with Gasteiger partial charge in [0.25, 0.3) is 0 Å². The highest BCUT2D eigenvalue weighted by atomic mass is 16.3. The van der Waals surface area contributed by atoms with Gasteiger partial charge in [-0.2, -0.15) is 0 Å². The minimum Gasteiger partial charge on any atom is -0.467 e. The molecule has 3 rings (SSSR count). The number of hydrogen-bond acceptors (Lipinski definition) is 5. The lowest BCUT2D eigenvalue weighted by atomic mass is 10.2. The summed E-state index contributed by atoms with van der Waals surface area (Å²) >= 11 is 0. The maximum absolute atomic E-state index is 5.47. The summed E-state index contributed by atoms with van der Waals surface area (Å²) < 4.78 is 5.47. The van der Waals surface area contributed by atoms with Gasteiger partial charge in [-0.15, -0.1) is 0 Å². The Hall–Kier alpha value is -2.04. The van der Waals surface area contributed by atoms with Crippen LogP contribution in [-0.4, -0.2) is 23.6 Å². The minimum absolute atomic E-state index is 0.541. The van der Waals surface area contributed by atoms with Crippen LogP contribution in [0, 0.1) is 6.92 Å². The van der Waals surface area contributed by atoms with Crippen molar-refractivity contribution in [2.45, 2.75) is 39.2 Å². The van der Waals surface area contributed by atoms with E-state index in [2.05, 4.69) is 29.0 Å². The average Bonchev–Trinajstić information content (AvgIpc) is 3.22. The second kappa shape index (κ2) is 5.76. The van der Waals surface area contributed by atoms with Crippen LogP contribution < -0.4 is 10.2 Å². The number of anilines is 2. The van der Waals surface area contributed by atoms with Gasteiger partial charge in [-0.3, -0.25) is 0 Å². The summed E-state index contributed by atoms with van der Waals surface area (Å²) in [5.41, 5.74) is 1.09. The summed E-state index contributed by atoms with van der Waals surface area (Å²) in [6.45, 7) is 5.82. The van der Waals surface area contributed by atoms with Gasteiger partial charge >= 0.3 is 0 Å². The molecule has 0 saturated heterocycles. The molecule has 1 aliphatic rings. The Kier molecular flexibility index (Phi) is 3.82. The van der Waals surface area contributed by atoms with E-state index in [1.165, 1.54) is 12.8 Å². The first-order valence-corrected chi connectivity index (χ1v) is 7.56. The van der Waals surface area contributed by atoms with Crippen LogP contribution in [0.15, 0.2) is 22.8 Å². The van der Waals surface area contributed by atoms with Gasteiger partial charge in [-0.1, -0.05) is 0 Å². The van der Waals surface area contributed by atoms with Crippen molar-refractivity contribution in [3.8, 4) is 0 Å². The van der Waals surface area contributed by atoms with E-state index < -0.39 is 0 Å². The van der Waals surface area contributed by atoms with E-state index in [1.807, 2.05) is 19.2 Å². The number of nitrogens with one attached hydrogen (secondary N) is 1. The zero-order valence-corrected chi connectivity index (χ0v) is 12.9. The van der Waals surface area contributed by atoms with Gasteiger partial charge < -0.3 is 14.6 Å². The molecule has 2 aromatic rings. The molecular formula is C16H22N4O. The van der Waals surface area contributed by atoms with Crippen LogP contribution in [-0.2, 0) is 6.54 Å². The predicted molar refractivity (Wildman–Crippen MR) is 83.7 cm³/mol. The third-order valence-corrected chi connectivity index (χ3v) is 3.92. The van der Waals surface area contributed by atoms with Gasteiger partial charge in [0.05, 0.1) is 12.8 Å².